The second-order valence-corrected chi connectivity index (χ2v) is 6.16. The van der Waals surface area contributed by atoms with E-state index in [2.05, 4.69) is 19.2 Å². The van der Waals surface area contributed by atoms with Crippen LogP contribution in [0.1, 0.15) is 19.4 Å². The Morgan fingerprint density at radius 1 is 0.875 bits per heavy atom. The predicted octanol–water partition coefficient (Wildman–Crippen LogP) is 4.24. The molecule has 0 unspecified atom stereocenters. The standard InChI is InChI=1S/C19H24FNO3/c1-19(2,13-6-8-17(23-4)18(10-13)24-5)12-21-14-7-9-16(22-3)15(20)11-14/h6-11,21H,12H2,1-5H3. The zero-order valence-corrected chi connectivity index (χ0v) is 14.8. The van der Waals surface area contributed by atoms with Gasteiger partial charge >= 0.3 is 0 Å². The molecule has 0 bridgehead atoms. The van der Waals surface area contributed by atoms with Crippen LogP contribution in [-0.4, -0.2) is 27.9 Å². The smallest absolute Gasteiger partial charge is 0.167 e. The number of methoxy groups -OCH3 is 3. The van der Waals surface area contributed by atoms with Crippen molar-refractivity contribution in [3.8, 4) is 17.2 Å². The number of rotatable bonds is 7. The predicted molar refractivity (Wildman–Crippen MR) is 94.0 cm³/mol. The Bertz CT molecular complexity index is 701. The average molecular weight is 333 g/mol. The molecule has 130 valence electrons. The van der Waals surface area contributed by atoms with Crippen molar-refractivity contribution in [2.45, 2.75) is 19.3 Å². The third-order valence-electron chi connectivity index (χ3n) is 4.05. The van der Waals surface area contributed by atoms with Crippen LogP contribution >= 0.6 is 0 Å². The average Bonchev–Trinajstić information content (AvgIpc) is 2.59. The fraction of sp³-hybridized carbons (Fsp3) is 0.368. The zero-order valence-electron chi connectivity index (χ0n) is 14.8. The monoisotopic (exact) mass is 333 g/mol. The summed E-state index contributed by atoms with van der Waals surface area (Å²) in [5.41, 5.74) is 1.62. The van der Waals surface area contributed by atoms with Gasteiger partial charge in [-0.15, -0.1) is 0 Å². The largest absolute Gasteiger partial charge is 0.494 e. The van der Waals surface area contributed by atoms with E-state index in [1.54, 1.807) is 26.4 Å². The van der Waals surface area contributed by atoms with E-state index in [1.807, 2.05) is 18.2 Å². The first kappa shape index (κ1) is 17.9. The highest BCUT2D eigenvalue weighted by molar-refractivity contribution is 5.49. The Labute approximate surface area is 142 Å². The molecule has 0 amide bonds. The van der Waals surface area contributed by atoms with Crippen molar-refractivity contribution in [2.24, 2.45) is 0 Å². The maximum atomic E-state index is 13.8. The number of benzene rings is 2. The highest BCUT2D eigenvalue weighted by Crippen LogP contribution is 2.33. The van der Waals surface area contributed by atoms with E-state index in [-0.39, 0.29) is 17.0 Å². The minimum absolute atomic E-state index is 0.185. The summed E-state index contributed by atoms with van der Waals surface area (Å²) >= 11 is 0. The molecule has 24 heavy (non-hydrogen) atoms. The van der Waals surface area contributed by atoms with Gasteiger partial charge in [-0.05, 0) is 29.8 Å². The number of ether oxygens (including phenoxy) is 3. The molecule has 2 rings (SSSR count). The molecule has 0 saturated carbocycles. The van der Waals surface area contributed by atoms with E-state index in [0.717, 1.165) is 5.56 Å². The summed E-state index contributed by atoms with van der Waals surface area (Å²) in [6.45, 7) is 4.86. The summed E-state index contributed by atoms with van der Waals surface area (Å²) in [6.07, 6.45) is 0. The highest BCUT2D eigenvalue weighted by Gasteiger charge is 2.22. The first-order chi connectivity index (χ1) is 11.4. The van der Waals surface area contributed by atoms with Crippen LogP contribution in [0.2, 0.25) is 0 Å². The van der Waals surface area contributed by atoms with Crippen molar-refractivity contribution < 1.29 is 18.6 Å². The van der Waals surface area contributed by atoms with E-state index in [1.165, 1.54) is 13.2 Å². The maximum absolute atomic E-state index is 13.8. The first-order valence-corrected chi connectivity index (χ1v) is 7.71. The topological polar surface area (TPSA) is 39.7 Å². The summed E-state index contributed by atoms with van der Waals surface area (Å²) in [7, 11) is 4.68. The molecule has 0 fully saturated rings. The summed E-state index contributed by atoms with van der Waals surface area (Å²) in [5.74, 6) is 1.24. The molecular formula is C19H24FNO3. The molecule has 0 heterocycles. The number of nitrogens with one attached hydrogen (secondary N) is 1. The van der Waals surface area contributed by atoms with Crippen LogP contribution in [0.5, 0.6) is 17.2 Å². The molecule has 0 aliphatic rings. The number of hydrogen-bond donors (Lipinski definition) is 1. The van der Waals surface area contributed by atoms with Crippen molar-refractivity contribution >= 4 is 5.69 Å². The molecule has 0 aromatic heterocycles. The molecule has 0 radical (unpaired) electrons. The molecule has 0 spiro atoms. The van der Waals surface area contributed by atoms with Crippen LogP contribution in [-0.2, 0) is 5.41 Å². The Kier molecular flexibility index (Phi) is 5.54. The lowest BCUT2D eigenvalue weighted by Crippen LogP contribution is -2.27. The third-order valence-corrected chi connectivity index (χ3v) is 4.05. The van der Waals surface area contributed by atoms with Crippen molar-refractivity contribution in [2.75, 3.05) is 33.2 Å². The number of hydrogen-bond acceptors (Lipinski definition) is 4. The molecule has 0 aliphatic carbocycles. The number of halogens is 1. The van der Waals surface area contributed by atoms with E-state index in [9.17, 15) is 4.39 Å². The second-order valence-electron chi connectivity index (χ2n) is 6.16. The summed E-state index contributed by atoms with van der Waals surface area (Å²) in [6, 6.07) is 10.7. The molecule has 1 N–H and O–H groups in total. The van der Waals surface area contributed by atoms with Crippen LogP contribution in [0.25, 0.3) is 0 Å². The lowest BCUT2D eigenvalue weighted by molar-refractivity contribution is 0.353. The molecule has 0 atom stereocenters. The van der Waals surface area contributed by atoms with Crippen LogP contribution in [0.4, 0.5) is 10.1 Å². The molecule has 0 saturated heterocycles. The molecular weight excluding hydrogens is 309 g/mol. The van der Waals surface area contributed by atoms with Crippen molar-refractivity contribution in [1.29, 1.82) is 0 Å². The van der Waals surface area contributed by atoms with Gasteiger partial charge in [-0.1, -0.05) is 19.9 Å². The Morgan fingerprint density at radius 2 is 1.50 bits per heavy atom. The molecule has 0 aliphatic heterocycles. The van der Waals surface area contributed by atoms with E-state index in [0.29, 0.717) is 23.7 Å². The van der Waals surface area contributed by atoms with Gasteiger partial charge in [0.15, 0.2) is 23.1 Å². The van der Waals surface area contributed by atoms with Crippen molar-refractivity contribution in [3.05, 3.63) is 47.8 Å². The van der Waals surface area contributed by atoms with Gasteiger partial charge in [0.1, 0.15) is 0 Å². The van der Waals surface area contributed by atoms with Gasteiger partial charge in [0.05, 0.1) is 21.3 Å². The van der Waals surface area contributed by atoms with Crippen LogP contribution < -0.4 is 19.5 Å². The Morgan fingerprint density at radius 3 is 2.08 bits per heavy atom. The van der Waals surface area contributed by atoms with Crippen LogP contribution in [0, 0.1) is 5.82 Å². The fourth-order valence-electron chi connectivity index (χ4n) is 2.46. The van der Waals surface area contributed by atoms with Crippen molar-refractivity contribution in [3.63, 3.8) is 0 Å². The highest BCUT2D eigenvalue weighted by atomic mass is 19.1. The molecule has 4 nitrogen and oxygen atoms in total. The summed E-state index contributed by atoms with van der Waals surface area (Å²) in [5, 5.41) is 3.27. The minimum Gasteiger partial charge on any atom is -0.494 e. The SMILES string of the molecule is COc1ccc(NCC(C)(C)c2ccc(OC)c(OC)c2)cc1F. The van der Waals surface area contributed by atoms with Gasteiger partial charge in [0, 0.05) is 23.7 Å². The minimum atomic E-state index is -0.383. The van der Waals surface area contributed by atoms with E-state index in [4.69, 9.17) is 14.2 Å². The molecule has 5 heteroatoms. The Hall–Kier alpha value is -2.43. The van der Waals surface area contributed by atoms with Gasteiger partial charge in [0.25, 0.3) is 0 Å². The van der Waals surface area contributed by atoms with E-state index < -0.39 is 0 Å². The summed E-state index contributed by atoms with van der Waals surface area (Å²) in [4.78, 5) is 0. The van der Waals surface area contributed by atoms with Crippen LogP contribution in [0.3, 0.4) is 0 Å². The zero-order chi connectivity index (χ0) is 17.7. The van der Waals surface area contributed by atoms with Gasteiger partial charge in [0.2, 0.25) is 0 Å². The van der Waals surface area contributed by atoms with E-state index >= 15 is 0 Å². The fourth-order valence-corrected chi connectivity index (χ4v) is 2.46. The van der Waals surface area contributed by atoms with Gasteiger partial charge in [-0.3, -0.25) is 0 Å². The number of anilines is 1. The lowest BCUT2D eigenvalue weighted by atomic mass is 9.84. The maximum Gasteiger partial charge on any atom is 0.167 e. The normalized spacial score (nSPS) is 11.1. The molecule has 2 aromatic carbocycles. The van der Waals surface area contributed by atoms with Crippen molar-refractivity contribution in [1.82, 2.24) is 0 Å². The quantitative estimate of drug-likeness (QED) is 0.823. The van der Waals surface area contributed by atoms with Gasteiger partial charge in [-0.25, -0.2) is 4.39 Å². The van der Waals surface area contributed by atoms with Crippen LogP contribution in [0.15, 0.2) is 36.4 Å². The lowest BCUT2D eigenvalue weighted by Gasteiger charge is -2.27. The van der Waals surface area contributed by atoms with Gasteiger partial charge < -0.3 is 19.5 Å². The first-order valence-electron chi connectivity index (χ1n) is 7.71. The summed E-state index contributed by atoms with van der Waals surface area (Å²) < 4.78 is 29.4. The second kappa shape index (κ2) is 7.43. The molecule has 2 aromatic rings. The third kappa shape index (κ3) is 3.91. The van der Waals surface area contributed by atoms with Gasteiger partial charge in [-0.2, -0.15) is 0 Å². The Balaban J connectivity index is 2.14.